The van der Waals surface area contributed by atoms with Crippen molar-refractivity contribution in [3.8, 4) is 0 Å². The van der Waals surface area contributed by atoms with E-state index in [4.69, 9.17) is 9.97 Å². The maximum atomic E-state index is 5.02. The fourth-order valence-corrected chi connectivity index (χ4v) is 3.65. The van der Waals surface area contributed by atoms with Crippen molar-refractivity contribution in [1.82, 2.24) is 14.4 Å². The van der Waals surface area contributed by atoms with Gasteiger partial charge in [0.1, 0.15) is 11.5 Å². The molecule has 0 aliphatic rings. The smallest absolute Gasteiger partial charge is 0.148 e. The van der Waals surface area contributed by atoms with Gasteiger partial charge in [-0.25, -0.2) is 9.97 Å². The van der Waals surface area contributed by atoms with Gasteiger partial charge in [-0.15, -0.1) is 0 Å². The highest BCUT2D eigenvalue weighted by Crippen LogP contribution is 2.33. The van der Waals surface area contributed by atoms with Crippen LogP contribution in [-0.2, 0) is 5.41 Å². The molecule has 2 aromatic carbocycles. The van der Waals surface area contributed by atoms with Crippen LogP contribution < -0.4 is 0 Å². The summed E-state index contributed by atoms with van der Waals surface area (Å²) in [5.74, 6) is 1.03. The number of nitrogens with zero attached hydrogens (tertiary/aromatic N) is 3. The van der Waals surface area contributed by atoms with E-state index in [-0.39, 0.29) is 5.41 Å². The molecule has 0 amide bonds. The number of imidazole rings is 1. The maximum absolute atomic E-state index is 5.02. The van der Waals surface area contributed by atoms with Crippen molar-refractivity contribution in [3.63, 3.8) is 0 Å². The van der Waals surface area contributed by atoms with Crippen LogP contribution >= 0.6 is 15.9 Å². The second kappa shape index (κ2) is 5.03. The van der Waals surface area contributed by atoms with Gasteiger partial charge in [-0.2, -0.15) is 0 Å². The third kappa shape index (κ3) is 2.16. The number of halogens is 1. The molecule has 24 heavy (non-hydrogen) atoms. The minimum absolute atomic E-state index is 0.0891. The number of aromatic nitrogens is 3. The van der Waals surface area contributed by atoms with Crippen LogP contribution in [0.25, 0.3) is 27.6 Å². The standard InChI is InChI=1S/C20H20BrN3/c1-11-9-15-16(10-12(11)2)24-18(22-15)13-7-6-8-14(21)17(13)23-19(24)20(3,4)5/h6-10H,1-5H3. The molecule has 0 unspecified atom stereocenters. The molecule has 0 bridgehead atoms. The molecule has 0 aliphatic carbocycles. The first-order valence-electron chi connectivity index (χ1n) is 8.15. The van der Waals surface area contributed by atoms with Gasteiger partial charge in [0, 0.05) is 15.3 Å². The van der Waals surface area contributed by atoms with Gasteiger partial charge in [0.15, 0.2) is 0 Å². The number of benzene rings is 2. The number of hydrogen-bond donors (Lipinski definition) is 0. The Morgan fingerprint density at radius 1 is 1.00 bits per heavy atom. The summed E-state index contributed by atoms with van der Waals surface area (Å²) in [6, 6.07) is 10.6. The second-order valence-corrected chi connectivity index (χ2v) is 8.37. The molecular weight excluding hydrogens is 362 g/mol. The van der Waals surface area contributed by atoms with Crippen molar-refractivity contribution in [2.45, 2.75) is 40.0 Å². The van der Waals surface area contributed by atoms with E-state index in [1.54, 1.807) is 0 Å². The lowest BCUT2D eigenvalue weighted by atomic mass is 9.95. The van der Waals surface area contributed by atoms with Crippen molar-refractivity contribution >= 4 is 43.5 Å². The van der Waals surface area contributed by atoms with Crippen molar-refractivity contribution in [3.05, 3.63) is 51.8 Å². The fourth-order valence-electron chi connectivity index (χ4n) is 3.20. The van der Waals surface area contributed by atoms with E-state index in [9.17, 15) is 0 Å². The third-order valence-electron chi connectivity index (χ3n) is 4.60. The van der Waals surface area contributed by atoms with Gasteiger partial charge >= 0.3 is 0 Å². The molecule has 0 radical (unpaired) electrons. The second-order valence-electron chi connectivity index (χ2n) is 7.52. The van der Waals surface area contributed by atoms with Gasteiger partial charge in [0.05, 0.1) is 16.6 Å². The van der Waals surface area contributed by atoms with Crippen LogP contribution in [0.4, 0.5) is 0 Å². The van der Waals surface area contributed by atoms with E-state index in [2.05, 4.69) is 73.1 Å². The number of fused-ring (bicyclic) bond motifs is 5. The van der Waals surface area contributed by atoms with E-state index in [0.717, 1.165) is 37.9 Å². The Kier molecular flexibility index (Phi) is 3.26. The minimum Gasteiger partial charge on any atom is -0.279 e. The average molecular weight is 382 g/mol. The highest BCUT2D eigenvalue weighted by molar-refractivity contribution is 9.10. The molecule has 4 heteroatoms. The Labute approximate surface area is 149 Å². The van der Waals surface area contributed by atoms with E-state index in [0.29, 0.717) is 0 Å². The first-order valence-corrected chi connectivity index (χ1v) is 8.95. The van der Waals surface area contributed by atoms with Gasteiger partial charge in [-0.3, -0.25) is 4.40 Å². The Bertz CT molecular complexity index is 1120. The molecule has 4 aromatic rings. The van der Waals surface area contributed by atoms with Crippen LogP contribution in [0.3, 0.4) is 0 Å². The van der Waals surface area contributed by atoms with Crippen molar-refractivity contribution in [2.75, 3.05) is 0 Å². The number of hydrogen-bond acceptors (Lipinski definition) is 2. The Hall–Kier alpha value is -1.94. The molecular formula is C20H20BrN3. The molecule has 0 N–H and O–H groups in total. The monoisotopic (exact) mass is 381 g/mol. The van der Waals surface area contributed by atoms with Crippen molar-refractivity contribution in [1.29, 1.82) is 0 Å². The van der Waals surface area contributed by atoms with Gasteiger partial charge in [-0.1, -0.05) is 26.8 Å². The first-order chi connectivity index (χ1) is 11.3. The minimum atomic E-state index is -0.0891. The molecule has 0 fully saturated rings. The Morgan fingerprint density at radius 2 is 1.71 bits per heavy atom. The zero-order valence-electron chi connectivity index (χ0n) is 14.6. The fraction of sp³-hybridized carbons (Fsp3) is 0.300. The van der Waals surface area contributed by atoms with Crippen LogP contribution in [0.1, 0.15) is 37.7 Å². The molecule has 3 nitrogen and oxygen atoms in total. The zero-order chi connectivity index (χ0) is 17.2. The summed E-state index contributed by atoms with van der Waals surface area (Å²) in [4.78, 5) is 9.99. The van der Waals surface area contributed by atoms with Crippen molar-refractivity contribution in [2.24, 2.45) is 0 Å². The highest BCUT2D eigenvalue weighted by atomic mass is 79.9. The van der Waals surface area contributed by atoms with Crippen LogP contribution in [0.5, 0.6) is 0 Å². The Morgan fingerprint density at radius 3 is 2.42 bits per heavy atom. The molecule has 0 saturated carbocycles. The molecule has 2 aromatic heterocycles. The summed E-state index contributed by atoms with van der Waals surface area (Å²) in [5, 5.41) is 1.07. The van der Waals surface area contributed by atoms with E-state index in [1.165, 1.54) is 11.1 Å². The number of rotatable bonds is 0. The lowest BCUT2D eigenvalue weighted by molar-refractivity contribution is 0.542. The summed E-state index contributed by atoms with van der Waals surface area (Å²) in [6.07, 6.45) is 0. The molecule has 122 valence electrons. The highest BCUT2D eigenvalue weighted by Gasteiger charge is 2.24. The van der Waals surface area contributed by atoms with E-state index >= 15 is 0 Å². The van der Waals surface area contributed by atoms with Gasteiger partial charge in [-0.05, 0) is 65.2 Å². The molecule has 0 saturated heterocycles. The molecule has 0 atom stereocenters. The lowest BCUT2D eigenvalue weighted by Crippen LogP contribution is -2.19. The maximum Gasteiger partial charge on any atom is 0.148 e. The average Bonchev–Trinajstić information content (AvgIpc) is 2.85. The molecule has 2 heterocycles. The molecule has 0 spiro atoms. The lowest BCUT2D eigenvalue weighted by Gasteiger charge is -2.21. The van der Waals surface area contributed by atoms with Gasteiger partial charge < -0.3 is 0 Å². The quantitative estimate of drug-likeness (QED) is 0.390. The van der Waals surface area contributed by atoms with E-state index < -0.39 is 0 Å². The summed E-state index contributed by atoms with van der Waals surface area (Å²) in [6.45, 7) is 10.9. The summed E-state index contributed by atoms with van der Waals surface area (Å²) in [7, 11) is 0. The number of aryl methyl sites for hydroxylation is 2. The van der Waals surface area contributed by atoms with E-state index in [1.807, 2.05) is 12.1 Å². The van der Waals surface area contributed by atoms with Gasteiger partial charge in [0.2, 0.25) is 0 Å². The normalized spacial score (nSPS) is 12.6. The summed E-state index contributed by atoms with van der Waals surface area (Å²) < 4.78 is 3.24. The third-order valence-corrected chi connectivity index (χ3v) is 5.24. The summed E-state index contributed by atoms with van der Waals surface area (Å²) in [5.41, 5.74) is 6.56. The predicted molar refractivity (Wildman–Crippen MR) is 104 cm³/mol. The zero-order valence-corrected chi connectivity index (χ0v) is 16.2. The van der Waals surface area contributed by atoms with Crippen molar-refractivity contribution < 1.29 is 0 Å². The predicted octanol–water partition coefficient (Wildman–Crippen LogP) is 5.71. The van der Waals surface area contributed by atoms with Crippen LogP contribution in [0, 0.1) is 13.8 Å². The SMILES string of the molecule is Cc1cc2nc3c4cccc(Br)c4nc(C(C)(C)C)n3c2cc1C. The topological polar surface area (TPSA) is 30.2 Å². The first kappa shape index (κ1) is 15.6. The van der Waals surface area contributed by atoms with Gasteiger partial charge in [0.25, 0.3) is 0 Å². The number of para-hydroxylation sites is 1. The molecule has 0 aliphatic heterocycles. The van der Waals surface area contributed by atoms with Crippen LogP contribution in [0.2, 0.25) is 0 Å². The Balaban J connectivity index is 2.33. The van der Waals surface area contributed by atoms with Crippen LogP contribution in [0.15, 0.2) is 34.8 Å². The van der Waals surface area contributed by atoms with Crippen LogP contribution in [-0.4, -0.2) is 14.4 Å². The molecule has 4 rings (SSSR count). The largest absolute Gasteiger partial charge is 0.279 e. The summed E-state index contributed by atoms with van der Waals surface area (Å²) >= 11 is 3.65.